The molecule has 1 aromatic carbocycles. The molecule has 1 N–H and O–H groups in total. The standard InChI is InChI=1S/C26H25ClN4O4S/c27-24-9-8-23(36-24)25(33)29-15-19-16-31(26(34)35-19)18-6-7-21(30-11-3-4-12-30)17(13-18)14-22(32)20-5-1-2-10-28-20/h1-2,5-10,13,19H,3-4,11-12,14-16H2,(H,29,33). The summed E-state index contributed by atoms with van der Waals surface area (Å²) in [6.07, 6.45) is 3.04. The lowest BCUT2D eigenvalue weighted by molar-refractivity contribution is 0.0919. The predicted molar refractivity (Wildman–Crippen MR) is 139 cm³/mol. The second-order valence-electron chi connectivity index (χ2n) is 8.75. The first kappa shape index (κ1) is 24.3. The van der Waals surface area contributed by atoms with E-state index in [0.29, 0.717) is 27.1 Å². The third-order valence-electron chi connectivity index (χ3n) is 6.28. The Labute approximate surface area is 217 Å². The molecule has 3 aromatic rings. The number of anilines is 2. The van der Waals surface area contributed by atoms with Gasteiger partial charge < -0.3 is 15.0 Å². The molecule has 4 heterocycles. The fourth-order valence-corrected chi connectivity index (χ4v) is 5.47. The number of pyridine rings is 1. The van der Waals surface area contributed by atoms with Crippen LogP contribution in [0.5, 0.6) is 0 Å². The Hall–Kier alpha value is -3.43. The van der Waals surface area contributed by atoms with Crippen LogP contribution >= 0.6 is 22.9 Å². The van der Waals surface area contributed by atoms with Crippen LogP contribution in [-0.2, 0) is 11.2 Å². The van der Waals surface area contributed by atoms with Crippen LogP contribution in [0.2, 0.25) is 4.34 Å². The Bertz CT molecular complexity index is 1280. The lowest BCUT2D eigenvalue weighted by atomic mass is 10.0. The molecule has 36 heavy (non-hydrogen) atoms. The van der Waals surface area contributed by atoms with Crippen LogP contribution in [0.3, 0.4) is 0 Å². The summed E-state index contributed by atoms with van der Waals surface area (Å²) in [6.45, 7) is 2.36. The van der Waals surface area contributed by atoms with Crippen LogP contribution in [-0.4, -0.2) is 55.1 Å². The minimum atomic E-state index is -0.492. The Balaban J connectivity index is 1.31. The third kappa shape index (κ3) is 5.37. The molecule has 0 spiro atoms. The van der Waals surface area contributed by atoms with Gasteiger partial charge in [-0.05, 0) is 60.9 Å². The number of benzene rings is 1. The normalized spacial score (nSPS) is 17.4. The minimum Gasteiger partial charge on any atom is -0.442 e. The molecule has 186 valence electrons. The van der Waals surface area contributed by atoms with Crippen molar-refractivity contribution in [1.82, 2.24) is 10.3 Å². The van der Waals surface area contributed by atoms with Crippen molar-refractivity contribution >= 4 is 52.1 Å². The van der Waals surface area contributed by atoms with Crippen molar-refractivity contribution in [2.24, 2.45) is 0 Å². The van der Waals surface area contributed by atoms with E-state index in [4.69, 9.17) is 16.3 Å². The molecule has 2 saturated heterocycles. The Morgan fingerprint density at radius 2 is 1.97 bits per heavy atom. The fourth-order valence-electron chi connectivity index (χ4n) is 4.51. The van der Waals surface area contributed by atoms with Crippen molar-refractivity contribution in [3.63, 3.8) is 0 Å². The lowest BCUT2D eigenvalue weighted by Gasteiger charge is -2.23. The van der Waals surface area contributed by atoms with Crippen LogP contribution < -0.4 is 15.1 Å². The molecule has 0 saturated carbocycles. The van der Waals surface area contributed by atoms with Crippen LogP contribution in [0.1, 0.15) is 38.6 Å². The van der Waals surface area contributed by atoms with Gasteiger partial charge in [0, 0.05) is 37.1 Å². The van der Waals surface area contributed by atoms with E-state index in [2.05, 4.69) is 15.2 Å². The lowest BCUT2D eigenvalue weighted by Crippen LogP contribution is -2.34. The van der Waals surface area contributed by atoms with Gasteiger partial charge in [0.25, 0.3) is 5.91 Å². The monoisotopic (exact) mass is 524 g/mol. The van der Waals surface area contributed by atoms with Gasteiger partial charge in [0.15, 0.2) is 5.78 Å². The number of nitrogens with zero attached hydrogens (tertiary/aromatic N) is 3. The van der Waals surface area contributed by atoms with Crippen molar-refractivity contribution < 1.29 is 19.1 Å². The molecule has 1 unspecified atom stereocenters. The molecule has 10 heteroatoms. The molecular weight excluding hydrogens is 500 g/mol. The number of ketones is 1. The summed E-state index contributed by atoms with van der Waals surface area (Å²) in [7, 11) is 0. The minimum absolute atomic E-state index is 0.0773. The van der Waals surface area contributed by atoms with Gasteiger partial charge in [-0.3, -0.25) is 19.5 Å². The predicted octanol–water partition coefficient (Wildman–Crippen LogP) is 4.58. The summed E-state index contributed by atoms with van der Waals surface area (Å²) in [4.78, 5) is 46.5. The summed E-state index contributed by atoms with van der Waals surface area (Å²) in [5.41, 5.74) is 2.93. The number of Topliss-reactive ketones (excluding diaryl/α,β-unsaturated/α-hetero) is 1. The molecule has 1 atom stereocenters. The highest BCUT2D eigenvalue weighted by Crippen LogP contribution is 2.32. The number of hydrogen-bond donors (Lipinski definition) is 1. The number of halogens is 1. The van der Waals surface area contributed by atoms with E-state index in [-0.39, 0.29) is 24.7 Å². The number of thiophene rings is 1. The van der Waals surface area contributed by atoms with E-state index >= 15 is 0 Å². The number of aromatic nitrogens is 1. The van der Waals surface area contributed by atoms with Crippen LogP contribution in [0.15, 0.2) is 54.7 Å². The highest BCUT2D eigenvalue weighted by Gasteiger charge is 2.33. The van der Waals surface area contributed by atoms with E-state index < -0.39 is 12.2 Å². The number of amides is 2. The Morgan fingerprint density at radius 3 is 2.69 bits per heavy atom. The molecule has 2 aliphatic rings. The zero-order chi connectivity index (χ0) is 25.1. The quantitative estimate of drug-likeness (QED) is 0.434. The average molecular weight is 525 g/mol. The smallest absolute Gasteiger partial charge is 0.414 e. The topological polar surface area (TPSA) is 91.8 Å². The molecule has 8 nitrogen and oxygen atoms in total. The van der Waals surface area contributed by atoms with E-state index in [9.17, 15) is 14.4 Å². The van der Waals surface area contributed by atoms with Gasteiger partial charge in [-0.25, -0.2) is 4.79 Å². The molecule has 5 rings (SSSR count). The summed E-state index contributed by atoms with van der Waals surface area (Å²) < 4.78 is 6.04. The third-order valence-corrected chi connectivity index (χ3v) is 7.51. The van der Waals surface area contributed by atoms with Gasteiger partial charge in [-0.2, -0.15) is 0 Å². The second-order valence-corrected chi connectivity index (χ2v) is 10.5. The summed E-state index contributed by atoms with van der Waals surface area (Å²) in [6, 6.07) is 14.4. The van der Waals surface area contributed by atoms with E-state index in [0.717, 1.165) is 37.2 Å². The van der Waals surface area contributed by atoms with Gasteiger partial charge in [-0.15, -0.1) is 11.3 Å². The fraction of sp³-hybridized carbons (Fsp3) is 0.308. The largest absolute Gasteiger partial charge is 0.442 e. The maximum atomic E-state index is 13.0. The number of rotatable bonds is 8. The van der Waals surface area contributed by atoms with E-state index in [1.165, 1.54) is 11.3 Å². The van der Waals surface area contributed by atoms with Crippen LogP contribution in [0.4, 0.5) is 16.2 Å². The van der Waals surface area contributed by atoms with Crippen LogP contribution in [0, 0.1) is 0 Å². The van der Waals surface area contributed by atoms with Gasteiger partial charge in [0.2, 0.25) is 0 Å². The number of ether oxygens (including phenoxy) is 1. The van der Waals surface area contributed by atoms with Crippen LogP contribution in [0.25, 0.3) is 0 Å². The number of cyclic esters (lactones) is 1. The molecule has 0 aliphatic carbocycles. The SMILES string of the molecule is O=C(Cc1cc(N2CC(CNC(=O)c3ccc(Cl)s3)OC2=O)ccc1N1CCCC1)c1ccccn1. The number of hydrogen-bond acceptors (Lipinski definition) is 7. The molecule has 0 bridgehead atoms. The van der Waals surface area contributed by atoms with Gasteiger partial charge in [0.1, 0.15) is 11.8 Å². The maximum absolute atomic E-state index is 13.0. The average Bonchev–Trinajstić information content (AvgIpc) is 3.65. The van der Waals surface area contributed by atoms with Crippen molar-refractivity contribution in [3.8, 4) is 0 Å². The van der Waals surface area contributed by atoms with Gasteiger partial charge in [0.05, 0.1) is 22.3 Å². The van der Waals surface area contributed by atoms with Crippen molar-refractivity contribution in [1.29, 1.82) is 0 Å². The van der Waals surface area contributed by atoms with Crippen molar-refractivity contribution in [2.75, 3.05) is 36.0 Å². The van der Waals surface area contributed by atoms with Gasteiger partial charge in [-0.1, -0.05) is 17.7 Å². The first-order chi connectivity index (χ1) is 17.5. The number of carbonyl (C=O) groups is 3. The summed E-state index contributed by atoms with van der Waals surface area (Å²) >= 11 is 7.10. The summed E-state index contributed by atoms with van der Waals surface area (Å²) in [5.74, 6) is -0.335. The van der Waals surface area contributed by atoms with Gasteiger partial charge >= 0.3 is 6.09 Å². The second kappa shape index (κ2) is 10.7. The highest BCUT2D eigenvalue weighted by molar-refractivity contribution is 7.18. The Kier molecular flexibility index (Phi) is 7.20. The zero-order valence-electron chi connectivity index (χ0n) is 19.5. The van der Waals surface area contributed by atoms with E-state index in [1.807, 2.05) is 18.2 Å². The first-order valence-electron chi connectivity index (χ1n) is 11.8. The van der Waals surface area contributed by atoms with Crippen molar-refractivity contribution in [2.45, 2.75) is 25.4 Å². The molecular formula is C26H25ClN4O4S. The molecule has 2 aromatic heterocycles. The molecule has 2 aliphatic heterocycles. The maximum Gasteiger partial charge on any atom is 0.414 e. The zero-order valence-corrected chi connectivity index (χ0v) is 21.1. The van der Waals surface area contributed by atoms with E-state index in [1.54, 1.807) is 41.4 Å². The molecule has 0 radical (unpaired) electrons. The Morgan fingerprint density at radius 1 is 1.14 bits per heavy atom. The molecule has 2 fully saturated rings. The number of nitrogens with one attached hydrogen (secondary N) is 1. The number of carbonyl (C=O) groups excluding carboxylic acids is 3. The molecule has 2 amide bonds. The first-order valence-corrected chi connectivity index (χ1v) is 13.0. The highest BCUT2D eigenvalue weighted by atomic mass is 35.5. The van der Waals surface area contributed by atoms with Crippen molar-refractivity contribution in [3.05, 3.63) is 75.2 Å². The summed E-state index contributed by atoms with van der Waals surface area (Å²) in [5, 5.41) is 2.80.